The molecule has 4 amide bonds. The fourth-order valence-electron chi connectivity index (χ4n) is 3.85. The number of hydrogen-bond acceptors (Lipinski definition) is 9. The molecule has 1 atom stereocenters. The van der Waals surface area contributed by atoms with Gasteiger partial charge in [-0.2, -0.15) is 4.98 Å². The number of amides is 4. The molecule has 2 aromatic carbocycles. The number of aromatic nitrogens is 2. The predicted octanol–water partition coefficient (Wildman–Crippen LogP) is 3.29. The summed E-state index contributed by atoms with van der Waals surface area (Å²) in [6, 6.07) is 12.3. The minimum absolute atomic E-state index is 0.193. The SMILES string of the molecule is CCCNc1nc(Nc2ccc(C(N)=O)cc2)ncc1C(=O)Nc1cccc(NC(=O)[C@H](C)N(C)C(=O)C=CCNCCF)c1. The molecule has 0 aliphatic heterocycles. The van der Waals surface area contributed by atoms with Gasteiger partial charge in [0.25, 0.3) is 5.91 Å². The molecule has 14 heteroatoms. The van der Waals surface area contributed by atoms with Crippen LogP contribution in [0.3, 0.4) is 0 Å². The second kappa shape index (κ2) is 17.1. The van der Waals surface area contributed by atoms with Crippen LogP contribution >= 0.6 is 0 Å². The molecule has 7 N–H and O–H groups in total. The summed E-state index contributed by atoms with van der Waals surface area (Å²) in [4.78, 5) is 59.9. The Morgan fingerprint density at radius 3 is 2.40 bits per heavy atom. The van der Waals surface area contributed by atoms with Gasteiger partial charge in [-0.15, -0.1) is 0 Å². The van der Waals surface area contributed by atoms with Crippen molar-refractivity contribution in [2.45, 2.75) is 26.3 Å². The molecule has 1 heterocycles. The Bertz CT molecular complexity index is 1520. The highest BCUT2D eigenvalue weighted by molar-refractivity contribution is 6.08. The molecule has 3 rings (SSSR count). The number of alkyl halides is 1. The van der Waals surface area contributed by atoms with E-state index in [-0.39, 0.29) is 24.0 Å². The number of hydrogen-bond donors (Lipinski definition) is 6. The lowest BCUT2D eigenvalue weighted by atomic mass is 10.2. The molecule has 0 saturated carbocycles. The van der Waals surface area contributed by atoms with Crippen molar-refractivity contribution < 1.29 is 23.6 Å². The first-order chi connectivity index (χ1) is 21.6. The number of carbonyl (C=O) groups excluding carboxylic acids is 4. The molecular formula is C31H38FN9O4. The zero-order valence-corrected chi connectivity index (χ0v) is 25.4. The Morgan fingerprint density at radius 1 is 1.02 bits per heavy atom. The van der Waals surface area contributed by atoms with Crippen molar-refractivity contribution >= 4 is 52.5 Å². The van der Waals surface area contributed by atoms with E-state index in [2.05, 4.69) is 36.6 Å². The first-order valence-electron chi connectivity index (χ1n) is 14.3. The van der Waals surface area contributed by atoms with Gasteiger partial charge in [-0.05, 0) is 55.8 Å². The highest BCUT2D eigenvalue weighted by Crippen LogP contribution is 2.21. The summed E-state index contributed by atoms with van der Waals surface area (Å²) in [6.07, 6.45) is 5.07. The summed E-state index contributed by atoms with van der Waals surface area (Å²) in [6.45, 7) is 4.16. The van der Waals surface area contributed by atoms with Crippen LogP contribution in [0.2, 0.25) is 0 Å². The summed E-state index contributed by atoms with van der Waals surface area (Å²) < 4.78 is 12.2. The van der Waals surface area contributed by atoms with Crippen molar-refractivity contribution in [1.82, 2.24) is 20.2 Å². The lowest BCUT2D eigenvalue weighted by Gasteiger charge is -2.23. The monoisotopic (exact) mass is 619 g/mol. The number of rotatable bonds is 16. The number of likely N-dealkylation sites (N-methyl/N-ethyl adjacent to an activating group) is 1. The molecule has 0 saturated heterocycles. The van der Waals surface area contributed by atoms with E-state index in [0.29, 0.717) is 41.5 Å². The van der Waals surface area contributed by atoms with Gasteiger partial charge in [-0.25, -0.2) is 9.37 Å². The van der Waals surface area contributed by atoms with Crippen molar-refractivity contribution in [2.24, 2.45) is 5.73 Å². The molecule has 13 nitrogen and oxygen atoms in total. The van der Waals surface area contributed by atoms with Crippen molar-refractivity contribution in [3.05, 3.63) is 78.0 Å². The summed E-state index contributed by atoms with van der Waals surface area (Å²) in [5, 5.41) is 14.6. The summed E-state index contributed by atoms with van der Waals surface area (Å²) in [7, 11) is 1.51. The van der Waals surface area contributed by atoms with Crippen LogP contribution in [0.1, 0.15) is 41.0 Å². The average Bonchev–Trinajstić information content (AvgIpc) is 3.03. The minimum Gasteiger partial charge on any atom is -0.369 e. The molecule has 1 aromatic heterocycles. The highest BCUT2D eigenvalue weighted by Gasteiger charge is 2.21. The van der Waals surface area contributed by atoms with Crippen molar-refractivity contribution in [3.8, 4) is 0 Å². The van der Waals surface area contributed by atoms with Crippen LogP contribution in [-0.2, 0) is 9.59 Å². The zero-order chi connectivity index (χ0) is 32.8. The van der Waals surface area contributed by atoms with Gasteiger partial charge in [-0.1, -0.05) is 19.1 Å². The van der Waals surface area contributed by atoms with Gasteiger partial charge in [0, 0.05) is 61.6 Å². The quantitative estimate of drug-likeness (QED) is 0.103. The topological polar surface area (TPSA) is 183 Å². The van der Waals surface area contributed by atoms with E-state index in [0.717, 1.165) is 6.42 Å². The Kier molecular flexibility index (Phi) is 12.9. The average molecular weight is 620 g/mol. The standard InChI is InChI=1S/C31H38FN9O4/c1-4-15-35-28-25(19-36-31(40-28)39-22-12-10-21(11-13-22)27(33)43)30(45)38-24-8-5-7-23(18-24)37-29(44)20(2)41(3)26(42)9-6-16-34-17-14-32/h5-13,18-20,34H,4,14-17H2,1-3H3,(H2,33,43)(H,37,44)(H,38,45)(H2,35,36,39,40)/t20-/m0/s1. The third-order valence-electron chi connectivity index (χ3n) is 6.49. The van der Waals surface area contributed by atoms with E-state index in [9.17, 15) is 23.6 Å². The van der Waals surface area contributed by atoms with Crippen molar-refractivity contribution in [1.29, 1.82) is 0 Å². The van der Waals surface area contributed by atoms with E-state index in [1.54, 1.807) is 61.5 Å². The van der Waals surface area contributed by atoms with Gasteiger partial charge in [0.2, 0.25) is 23.7 Å². The molecule has 0 unspecified atom stereocenters. The van der Waals surface area contributed by atoms with Crippen LogP contribution in [0.15, 0.2) is 66.9 Å². The Morgan fingerprint density at radius 2 is 1.73 bits per heavy atom. The second-order valence-corrected chi connectivity index (χ2v) is 9.89. The Labute approximate surface area is 260 Å². The number of benzene rings is 2. The van der Waals surface area contributed by atoms with E-state index in [1.807, 2.05) is 6.92 Å². The van der Waals surface area contributed by atoms with Gasteiger partial charge in [0.15, 0.2) is 0 Å². The van der Waals surface area contributed by atoms with Gasteiger partial charge >= 0.3 is 0 Å². The third-order valence-corrected chi connectivity index (χ3v) is 6.49. The molecule has 0 aliphatic rings. The maximum atomic E-state index is 13.3. The molecular weight excluding hydrogens is 581 g/mol. The van der Waals surface area contributed by atoms with E-state index in [1.165, 1.54) is 24.2 Å². The molecule has 0 spiro atoms. The molecule has 0 aliphatic carbocycles. The number of nitrogens with one attached hydrogen (secondary N) is 5. The molecule has 0 radical (unpaired) electrons. The van der Waals surface area contributed by atoms with Crippen LogP contribution < -0.4 is 32.3 Å². The van der Waals surface area contributed by atoms with E-state index in [4.69, 9.17) is 5.73 Å². The highest BCUT2D eigenvalue weighted by atomic mass is 19.1. The number of nitrogens with two attached hydrogens (primary N) is 1. The van der Waals surface area contributed by atoms with Gasteiger partial charge in [0.05, 0.1) is 0 Å². The second-order valence-electron chi connectivity index (χ2n) is 9.89. The van der Waals surface area contributed by atoms with Crippen molar-refractivity contribution in [3.63, 3.8) is 0 Å². The van der Waals surface area contributed by atoms with Gasteiger partial charge < -0.3 is 37.2 Å². The predicted molar refractivity (Wildman–Crippen MR) is 172 cm³/mol. The molecule has 0 bridgehead atoms. The number of halogens is 1. The molecule has 45 heavy (non-hydrogen) atoms. The number of primary amides is 1. The number of nitrogens with zero attached hydrogens (tertiary/aromatic N) is 3. The minimum atomic E-state index is -0.795. The molecule has 238 valence electrons. The van der Waals surface area contributed by atoms with Crippen LogP contribution in [0.25, 0.3) is 0 Å². The van der Waals surface area contributed by atoms with Crippen LogP contribution in [0, 0.1) is 0 Å². The molecule has 0 fully saturated rings. The lowest BCUT2D eigenvalue weighted by molar-refractivity contribution is -0.132. The van der Waals surface area contributed by atoms with Crippen LogP contribution in [0.5, 0.6) is 0 Å². The largest absolute Gasteiger partial charge is 0.369 e. The maximum Gasteiger partial charge on any atom is 0.260 e. The Hall–Kier alpha value is -5.37. The fraction of sp³-hybridized carbons (Fsp3) is 0.290. The summed E-state index contributed by atoms with van der Waals surface area (Å²) in [5.74, 6) is -1.25. The zero-order valence-electron chi connectivity index (χ0n) is 25.4. The third kappa shape index (κ3) is 10.4. The van der Waals surface area contributed by atoms with Crippen LogP contribution in [0.4, 0.5) is 33.2 Å². The Balaban J connectivity index is 1.67. The lowest BCUT2D eigenvalue weighted by Crippen LogP contribution is -2.42. The first-order valence-corrected chi connectivity index (χ1v) is 14.3. The van der Waals surface area contributed by atoms with Gasteiger partial charge in [-0.3, -0.25) is 19.2 Å². The maximum absolute atomic E-state index is 13.3. The summed E-state index contributed by atoms with van der Waals surface area (Å²) >= 11 is 0. The van der Waals surface area contributed by atoms with E-state index < -0.39 is 30.4 Å². The number of carbonyl (C=O) groups is 4. The van der Waals surface area contributed by atoms with Crippen LogP contribution in [-0.4, -0.2) is 77.9 Å². The first kappa shape index (κ1) is 34.1. The number of anilines is 5. The molecule has 3 aromatic rings. The van der Waals surface area contributed by atoms with Gasteiger partial charge in [0.1, 0.15) is 24.1 Å². The normalized spacial score (nSPS) is 11.5. The fourth-order valence-corrected chi connectivity index (χ4v) is 3.85. The summed E-state index contributed by atoms with van der Waals surface area (Å²) in [5.41, 5.74) is 7.32. The van der Waals surface area contributed by atoms with Crippen molar-refractivity contribution in [2.75, 3.05) is 54.6 Å². The smallest absolute Gasteiger partial charge is 0.260 e. The van der Waals surface area contributed by atoms with E-state index >= 15 is 0 Å².